The molecule has 5 heteroatoms. The van der Waals surface area contributed by atoms with Crippen molar-refractivity contribution < 1.29 is 9.21 Å². The Morgan fingerprint density at radius 1 is 1.25 bits per heavy atom. The summed E-state index contributed by atoms with van der Waals surface area (Å²) in [6.45, 7) is 2.43. The molecule has 1 heterocycles. The van der Waals surface area contributed by atoms with Crippen LogP contribution in [0.3, 0.4) is 0 Å². The Morgan fingerprint density at radius 2 is 2.00 bits per heavy atom. The minimum absolute atomic E-state index is 0.0396. The first-order valence-electron chi connectivity index (χ1n) is 6.43. The number of rotatable bonds is 5. The second kappa shape index (κ2) is 7.01. The Balaban J connectivity index is 1.73. The van der Waals surface area contributed by atoms with Gasteiger partial charge in [0.1, 0.15) is 0 Å². The van der Waals surface area contributed by atoms with Gasteiger partial charge in [-0.05, 0) is 42.7 Å². The molecule has 1 atom stereocenters. The van der Waals surface area contributed by atoms with Crippen LogP contribution in [-0.2, 0) is 13.0 Å². The molecule has 1 aromatic heterocycles. The minimum atomic E-state index is -0.184. The second-order valence-corrected chi connectivity index (χ2v) is 5.13. The number of urea groups is 1. The molecule has 0 saturated carbocycles. The molecule has 2 aromatic rings. The van der Waals surface area contributed by atoms with Crippen LogP contribution in [-0.4, -0.2) is 12.1 Å². The first-order chi connectivity index (χ1) is 9.63. The molecule has 1 aromatic carbocycles. The summed E-state index contributed by atoms with van der Waals surface area (Å²) < 4.78 is 5.00. The molecular weight excluding hydrogens is 276 g/mol. The molecule has 0 aliphatic heterocycles. The van der Waals surface area contributed by atoms with Gasteiger partial charge in [0.25, 0.3) is 0 Å². The lowest BCUT2D eigenvalue weighted by Gasteiger charge is -2.13. The van der Waals surface area contributed by atoms with Gasteiger partial charge in [-0.25, -0.2) is 4.79 Å². The van der Waals surface area contributed by atoms with Crippen LogP contribution in [0.5, 0.6) is 0 Å². The minimum Gasteiger partial charge on any atom is -0.472 e. The SMILES string of the molecule is CC(Cc1ccoc1)NC(=O)NCc1ccc(Cl)cc1. The van der Waals surface area contributed by atoms with E-state index in [1.165, 1.54) is 0 Å². The van der Waals surface area contributed by atoms with Gasteiger partial charge < -0.3 is 15.1 Å². The number of carbonyl (C=O) groups excluding carboxylic acids is 1. The van der Waals surface area contributed by atoms with E-state index in [1.54, 1.807) is 24.7 Å². The Kier molecular flexibility index (Phi) is 5.07. The molecule has 0 spiro atoms. The summed E-state index contributed by atoms with van der Waals surface area (Å²) in [6.07, 6.45) is 4.05. The van der Waals surface area contributed by atoms with E-state index in [0.29, 0.717) is 11.6 Å². The van der Waals surface area contributed by atoms with Crippen LogP contribution in [0, 0.1) is 0 Å². The number of halogens is 1. The van der Waals surface area contributed by atoms with E-state index in [4.69, 9.17) is 16.0 Å². The number of furan rings is 1. The first-order valence-corrected chi connectivity index (χ1v) is 6.81. The highest BCUT2D eigenvalue weighted by molar-refractivity contribution is 6.30. The summed E-state index contributed by atoms with van der Waals surface area (Å²) in [5, 5.41) is 6.38. The van der Waals surface area contributed by atoms with E-state index in [9.17, 15) is 4.79 Å². The van der Waals surface area contributed by atoms with Gasteiger partial charge in [-0.3, -0.25) is 0 Å². The third kappa shape index (κ3) is 4.63. The maximum absolute atomic E-state index is 11.8. The van der Waals surface area contributed by atoms with Crippen LogP contribution in [0.2, 0.25) is 5.02 Å². The quantitative estimate of drug-likeness (QED) is 0.888. The molecule has 0 radical (unpaired) electrons. The van der Waals surface area contributed by atoms with E-state index in [0.717, 1.165) is 17.5 Å². The Hall–Kier alpha value is -1.94. The monoisotopic (exact) mass is 292 g/mol. The predicted molar refractivity (Wildman–Crippen MR) is 78.7 cm³/mol. The fourth-order valence-corrected chi connectivity index (χ4v) is 2.00. The van der Waals surface area contributed by atoms with Gasteiger partial charge in [0.15, 0.2) is 0 Å². The fraction of sp³-hybridized carbons (Fsp3) is 0.267. The van der Waals surface area contributed by atoms with E-state index in [1.807, 2.05) is 25.1 Å². The van der Waals surface area contributed by atoms with Gasteiger partial charge in [0, 0.05) is 17.6 Å². The zero-order valence-corrected chi connectivity index (χ0v) is 12.0. The predicted octanol–water partition coefficient (Wildman–Crippen LogP) is 3.36. The highest BCUT2D eigenvalue weighted by Crippen LogP contribution is 2.09. The molecular formula is C15H17ClN2O2. The largest absolute Gasteiger partial charge is 0.472 e. The van der Waals surface area contributed by atoms with E-state index < -0.39 is 0 Å². The molecule has 0 bridgehead atoms. The van der Waals surface area contributed by atoms with E-state index in [-0.39, 0.29) is 12.1 Å². The van der Waals surface area contributed by atoms with Gasteiger partial charge in [-0.15, -0.1) is 0 Å². The second-order valence-electron chi connectivity index (χ2n) is 4.69. The van der Waals surface area contributed by atoms with Crippen molar-refractivity contribution in [3.8, 4) is 0 Å². The maximum Gasteiger partial charge on any atom is 0.315 e. The number of nitrogens with one attached hydrogen (secondary N) is 2. The van der Waals surface area contributed by atoms with Crippen LogP contribution < -0.4 is 10.6 Å². The van der Waals surface area contributed by atoms with Crippen LogP contribution in [0.1, 0.15) is 18.1 Å². The van der Waals surface area contributed by atoms with Crippen LogP contribution in [0.15, 0.2) is 47.3 Å². The van der Waals surface area contributed by atoms with Crippen molar-refractivity contribution in [2.24, 2.45) is 0 Å². The normalized spacial score (nSPS) is 11.9. The van der Waals surface area contributed by atoms with Gasteiger partial charge in [-0.1, -0.05) is 23.7 Å². The van der Waals surface area contributed by atoms with Gasteiger partial charge in [0.05, 0.1) is 12.5 Å². The van der Waals surface area contributed by atoms with Crippen LogP contribution in [0.25, 0.3) is 0 Å². The Labute approximate surface area is 123 Å². The topological polar surface area (TPSA) is 54.3 Å². The van der Waals surface area contributed by atoms with Gasteiger partial charge >= 0.3 is 6.03 Å². The average Bonchev–Trinajstić information content (AvgIpc) is 2.90. The first kappa shape index (κ1) is 14.5. The summed E-state index contributed by atoms with van der Waals surface area (Å²) in [7, 11) is 0. The average molecular weight is 293 g/mol. The number of amides is 2. The zero-order chi connectivity index (χ0) is 14.4. The standard InChI is InChI=1S/C15H17ClN2O2/c1-11(8-13-6-7-20-10-13)18-15(19)17-9-12-2-4-14(16)5-3-12/h2-7,10-11H,8-9H2,1H3,(H2,17,18,19). The number of carbonyl (C=O) groups is 1. The molecule has 0 aliphatic carbocycles. The van der Waals surface area contributed by atoms with Crippen LogP contribution in [0.4, 0.5) is 4.79 Å². The maximum atomic E-state index is 11.8. The molecule has 0 saturated heterocycles. The molecule has 0 aliphatic rings. The number of benzene rings is 1. The van der Waals surface area contributed by atoms with Crippen molar-refractivity contribution in [3.63, 3.8) is 0 Å². The van der Waals surface area contributed by atoms with E-state index >= 15 is 0 Å². The molecule has 4 nitrogen and oxygen atoms in total. The number of hydrogen-bond donors (Lipinski definition) is 2. The van der Waals surface area contributed by atoms with Crippen LogP contribution >= 0.6 is 11.6 Å². The highest BCUT2D eigenvalue weighted by atomic mass is 35.5. The smallest absolute Gasteiger partial charge is 0.315 e. The number of hydrogen-bond acceptors (Lipinski definition) is 2. The summed E-state index contributed by atoms with van der Waals surface area (Å²) in [4.78, 5) is 11.8. The molecule has 2 rings (SSSR count). The molecule has 2 N–H and O–H groups in total. The summed E-state index contributed by atoms with van der Waals surface area (Å²) in [5.41, 5.74) is 2.07. The summed E-state index contributed by atoms with van der Waals surface area (Å²) >= 11 is 5.80. The third-order valence-corrected chi connectivity index (χ3v) is 3.12. The Morgan fingerprint density at radius 3 is 2.65 bits per heavy atom. The third-order valence-electron chi connectivity index (χ3n) is 2.87. The summed E-state index contributed by atoms with van der Waals surface area (Å²) in [5.74, 6) is 0. The van der Waals surface area contributed by atoms with E-state index in [2.05, 4.69) is 10.6 Å². The lowest BCUT2D eigenvalue weighted by Crippen LogP contribution is -2.41. The molecule has 106 valence electrons. The summed E-state index contributed by atoms with van der Waals surface area (Å²) in [6, 6.07) is 9.13. The molecule has 0 fully saturated rings. The highest BCUT2D eigenvalue weighted by Gasteiger charge is 2.08. The van der Waals surface area contributed by atoms with Gasteiger partial charge in [-0.2, -0.15) is 0 Å². The van der Waals surface area contributed by atoms with Crippen molar-refractivity contribution >= 4 is 17.6 Å². The van der Waals surface area contributed by atoms with Crippen molar-refractivity contribution in [1.29, 1.82) is 0 Å². The molecule has 20 heavy (non-hydrogen) atoms. The lowest BCUT2D eigenvalue weighted by atomic mass is 10.1. The molecule has 1 unspecified atom stereocenters. The fourth-order valence-electron chi connectivity index (χ4n) is 1.87. The Bertz CT molecular complexity index is 538. The zero-order valence-electron chi connectivity index (χ0n) is 11.2. The van der Waals surface area contributed by atoms with Crippen molar-refractivity contribution in [1.82, 2.24) is 10.6 Å². The van der Waals surface area contributed by atoms with Crippen molar-refractivity contribution in [2.45, 2.75) is 25.9 Å². The van der Waals surface area contributed by atoms with Gasteiger partial charge in [0.2, 0.25) is 0 Å². The van der Waals surface area contributed by atoms with Crippen molar-refractivity contribution in [3.05, 3.63) is 59.0 Å². The van der Waals surface area contributed by atoms with Crippen molar-refractivity contribution in [2.75, 3.05) is 0 Å². The lowest BCUT2D eigenvalue weighted by molar-refractivity contribution is 0.237. The molecule has 2 amide bonds.